The number of hydrogen-bond acceptors (Lipinski definition) is 1. The highest BCUT2D eigenvalue weighted by Gasteiger charge is 2.22. The van der Waals surface area contributed by atoms with Crippen molar-refractivity contribution >= 4 is 0 Å². The summed E-state index contributed by atoms with van der Waals surface area (Å²) < 4.78 is 0.997. The van der Waals surface area contributed by atoms with Crippen LogP contribution in [0.4, 0.5) is 0 Å². The molecule has 0 spiro atoms. The molecule has 0 saturated carbocycles. The van der Waals surface area contributed by atoms with Crippen LogP contribution in [0.25, 0.3) is 0 Å². The van der Waals surface area contributed by atoms with E-state index in [1.807, 2.05) is 0 Å². The minimum Gasteiger partial charge on any atom is -1.00 e. The van der Waals surface area contributed by atoms with Gasteiger partial charge in [0.25, 0.3) is 0 Å². The Balaban J connectivity index is 0. The van der Waals surface area contributed by atoms with Gasteiger partial charge in [0.15, 0.2) is 0 Å². The summed E-state index contributed by atoms with van der Waals surface area (Å²) in [6, 6.07) is 0. The average molecular weight is 485 g/mol. The predicted octanol–water partition coefficient (Wildman–Crippen LogP) is 6.48. The van der Waals surface area contributed by atoms with Crippen LogP contribution in [-0.2, 0) is 0 Å². The lowest BCUT2D eigenvalue weighted by Gasteiger charge is -2.39. The maximum absolute atomic E-state index is 3.95. The van der Waals surface area contributed by atoms with Crippen molar-refractivity contribution in [1.82, 2.24) is 5.01 Å². The first-order valence-corrected chi connectivity index (χ1v) is 14.4. The van der Waals surface area contributed by atoms with Crippen LogP contribution in [0.3, 0.4) is 0 Å². The molecule has 33 heavy (non-hydrogen) atoms. The van der Waals surface area contributed by atoms with Crippen molar-refractivity contribution < 1.29 is 17.0 Å². The number of rotatable bonds is 25. The quantitative estimate of drug-likeness (QED) is 0.0620. The predicted molar refractivity (Wildman–Crippen MR) is 147 cm³/mol. The largest absolute Gasteiger partial charge is 1.00 e. The van der Waals surface area contributed by atoms with Gasteiger partial charge >= 0.3 is 0 Å². The SMILES string of the molecule is C=CCN(CCCCCCCCCCCC/C=C\CCCCCCCC)[N+](C)(C)CCC.[Cl-]. The van der Waals surface area contributed by atoms with Gasteiger partial charge in [0, 0.05) is 6.54 Å². The van der Waals surface area contributed by atoms with Gasteiger partial charge in [0.2, 0.25) is 0 Å². The second-order valence-corrected chi connectivity index (χ2v) is 10.4. The Hall–Kier alpha value is -0.310. The second-order valence-electron chi connectivity index (χ2n) is 10.4. The fraction of sp³-hybridized carbons (Fsp3) is 0.867. The van der Waals surface area contributed by atoms with Crippen LogP contribution in [0.5, 0.6) is 0 Å². The Kier molecular flexibility index (Phi) is 27.8. The highest BCUT2D eigenvalue weighted by molar-refractivity contribution is 4.81. The van der Waals surface area contributed by atoms with Crippen molar-refractivity contribution in [1.29, 1.82) is 0 Å². The standard InChI is InChI=1S/C30H61N2.ClH/c1-6-9-10-11-12-13-14-15-16-17-18-19-20-21-22-23-24-25-26-27-29-31(28-7-2)32(4,5)30-8-3;/h7,15-16H,2,6,8-14,17-30H2,1,3-5H3;1H/q+1;/p-1/b16-15-;. The summed E-state index contributed by atoms with van der Waals surface area (Å²) in [7, 11) is 4.67. The number of allylic oxidation sites excluding steroid dienone is 2. The molecule has 0 N–H and O–H groups in total. The molecule has 2 nitrogen and oxygen atoms in total. The first kappa shape index (κ1) is 34.9. The number of nitrogens with zero attached hydrogens (tertiary/aromatic N) is 2. The summed E-state index contributed by atoms with van der Waals surface area (Å²) in [5, 5.41) is 2.57. The molecule has 0 aliphatic heterocycles. The molecule has 0 aromatic carbocycles. The smallest absolute Gasteiger partial charge is 0.0957 e. The Morgan fingerprint density at radius 3 is 1.45 bits per heavy atom. The topological polar surface area (TPSA) is 3.24 Å². The molecule has 0 atom stereocenters. The van der Waals surface area contributed by atoms with Gasteiger partial charge in [-0.05, 0) is 38.5 Å². The van der Waals surface area contributed by atoms with Crippen LogP contribution in [0.15, 0.2) is 24.8 Å². The molecule has 0 aromatic rings. The van der Waals surface area contributed by atoms with Crippen LogP contribution in [0.1, 0.15) is 136 Å². The van der Waals surface area contributed by atoms with Gasteiger partial charge in [-0.2, -0.15) is 5.01 Å². The summed E-state index contributed by atoms with van der Waals surface area (Å²) in [6.07, 6.45) is 33.3. The number of unbranched alkanes of at least 4 members (excludes halogenated alkanes) is 16. The highest BCUT2D eigenvalue weighted by Crippen LogP contribution is 2.14. The van der Waals surface area contributed by atoms with Gasteiger partial charge in [-0.25, -0.2) is 4.59 Å². The summed E-state index contributed by atoms with van der Waals surface area (Å²) >= 11 is 0. The molecule has 198 valence electrons. The Morgan fingerprint density at radius 2 is 1.03 bits per heavy atom. The van der Waals surface area contributed by atoms with Crippen LogP contribution in [0.2, 0.25) is 0 Å². The molecule has 3 heteroatoms. The zero-order chi connectivity index (χ0) is 23.8. The fourth-order valence-corrected chi connectivity index (χ4v) is 4.67. The van der Waals surface area contributed by atoms with Crippen molar-refractivity contribution in [3.63, 3.8) is 0 Å². The molecular weight excluding hydrogens is 424 g/mol. The van der Waals surface area contributed by atoms with E-state index in [0.29, 0.717) is 0 Å². The molecule has 0 saturated heterocycles. The molecule has 0 aliphatic rings. The molecular formula is C30H61ClN2. The third-order valence-corrected chi connectivity index (χ3v) is 6.80. The van der Waals surface area contributed by atoms with Gasteiger partial charge < -0.3 is 12.4 Å². The van der Waals surface area contributed by atoms with E-state index in [9.17, 15) is 0 Å². The highest BCUT2D eigenvalue weighted by atomic mass is 35.5. The third-order valence-electron chi connectivity index (χ3n) is 6.80. The summed E-state index contributed by atoms with van der Waals surface area (Å²) in [4.78, 5) is 0. The molecule has 0 amide bonds. The maximum atomic E-state index is 3.95. The van der Waals surface area contributed by atoms with E-state index in [-0.39, 0.29) is 12.4 Å². The van der Waals surface area contributed by atoms with Gasteiger partial charge in [-0.1, -0.05) is 116 Å². The third kappa shape index (κ3) is 23.2. The van der Waals surface area contributed by atoms with Crippen molar-refractivity contribution in [3.8, 4) is 0 Å². The minimum absolute atomic E-state index is 0. The first-order valence-electron chi connectivity index (χ1n) is 14.4. The van der Waals surface area contributed by atoms with Crippen molar-refractivity contribution in [2.45, 2.75) is 136 Å². The van der Waals surface area contributed by atoms with Gasteiger partial charge in [0.05, 0.1) is 27.2 Å². The second kappa shape index (κ2) is 26.3. The Labute approximate surface area is 216 Å². The van der Waals surface area contributed by atoms with Crippen molar-refractivity contribution in [3.05, 3.63) is 24.8 Å². The summed E-state index contributed by atoms with van der Waals surface area (Å²) in [5.74, 6) is 0. The van der Waals surface area contributed by atoms with Crippen LogP contribution >= 0.6 is 0 Å². The molecule has 0 fully saturated rings. The van der Waals surface area contributed by atoms with Crippen LogP contribution < -0.4 is 12.4 Å². The number of halogens is 1. The van der Waals surface area contributed by atoms with E-state index in [1.165, 1.54) is 135 Å². The molecule has 0 unspecified atom stereocenters. The van der Waals surface area contributed by atoms with E-state index in [4.69, 9.17) is 0 Å². The Bertz CT molecular complexity index is 420. The number of quaternary nitrogens is 1. The zero-order valence-electron chi connectivity index (χ0n) is 23.3. The molecule has 0 heterocycles. The number of hydrogen-bond donors (Lipinski definition) is 0. The van der Waals surface area contributed by atoms with Crippen molar-refractivity contribution in [2.75, 3.05) is 33.7 Å². The summed E-state index contributed by atoms with van der Waals surface area (Å²) in [6.45, 7) is 11.9. The fourth-order valence-electron chi connectivity index (χ4n) is 4.67. The summed E-state index contributed by atoms with van der Waals surface area (Å²) in [5.41, 5.74) is 0. The van der Waals surface area contributed by atoms with E-state index < -0.39 is 0 Å². The Morgan fingerprint density at radius 1 is 0.606 bits per heavy atom. The van der Waals surface area contributed by atoms with Crippen molar-refractivity contribution in [2.24, 2.45) is 0 Å². The average Bonchev–Trinajstić information content (AvgIpc) is 2.77. The minimum atomic E-state index is 0. The normalized spacial score (nSPS) is 11.9. The van der Waals surface area contributed by atoms with Crippen LogP contribution in [0, 0.1) is 0 Å². The molecule has 0 radical (unpaired) electrons. The zero-order valence-corrected chi connectivity index (χ0v) is 24.0. The monoisotopic (exact) mass is 484 g/mol. The molecule has 0 aromatic heterocycles. The maximum Gasteiger partial charge on any atom is 0.0957 e. The van der Waals surface area contributed by atoms with E-state index in [0.717, 1.165) is 11.1 Å². The lowest BCUT2D eigenvalue weighted by molar-refractivity contribution is -1.00. The van der Waals surface area contributed by atoms with Crippen LogP contribution in [-0.4, -0.2) is 43.3 Å². The first-order chi connectivity index (χ1) is 15.6. The van der Waals surface area contributed by atoms with Gasteiger partial charge in [-0.15, -0.1) is 6.58 Å². The van der Waals surface area contributed by atoms with E-state index in [2.05, 4.69) is 57.8 Å². The van der Waals surface area contributed by atoms with E-state index in [1.54, 1.807) is 0 Å². The lowest BCUT2D eigenvalue weighted by Crippen LogP contribution is -3.00. The van der Waals surface area contributed by atoms with E-state index >= 15 is 0 Å². The molecule has 0 aliphatic carbocycles. The molecule has 0 rings (SSSR count). The lowest BCUT2D eigenvalue weighted by atomic mass is 10.1. The van der Waals surface area contributed by atoms with Gasteiger partial charge in [0.1, 0.15) is 0 Å². The molecule has 0 bridgehead atoms. The van der Waals surface area contributed by atoms with Gasteiger partial charge in [-0.3, -0.25) is 0 Å².